The maximum absolute atomic E-state index is 12.8. The minimum atomic E-state index is -0.0762. The average molecular weight is 355 g/mol. The molecule has 6 heteroatoms. The zero-order chi connectivity index (χ0) is 17.2. The molecule has 4 rings (SSSR count). The summed E-state index contributed by atoms with van der Waals surface area (Å²) in [5, 5.41) is 7.10. The van der Waals surface area contributed by atoms with Crippen molar-refractivity contribution < 1.29 is 0 Å². The summed E-state index contributed by atoms with van der Waals surface area (Å²) in [7, 11) is 0. The molecule has 1 aliphatic rings. The van der Waals surface area contributed by atoms with Gasteiger partial charge in [0.15, 0.2) is 0 Å². The topological polar surface area (TPSA) is 62.7 Å². The first kappa shape index (κ1) is 16.1. The van der Waals surface area contributed by atoms with Crippen LogP contribution < -0.4 is 10.9 Å². The van der Waals surface area contributed by atoms with Gasteiger partial charge in [0.1, 0.15) is 0 Å². The van der Waals surface area contributed by atoms with Gasteiger partial charge in [-0.25, -0.2) is 0 Å². The monoisotopic (exact) mass is 354 g/mol. The second-order valence-electron chi connectivity index (χ2n) is 6.26. The molecule has 1 aliphatic heterocycles. The van der Waals surface area contributed by atoms with E-state index in [1.807, 2.05) is 41.1 Å². The van der Waals surface area contributed by atoms with Crippen molar-refractivity contribution in [3.8, 4) is 22.4 Å². The standard InChI is InChI=1S/C19H19ClN4O/c20-15-3-1-13(2-4-15)17-18(14-5-9-21-10-6-14)24(23-19(17)25)16-7-11-22-12-8-16/h1-6,9-10,16,22H,7-8,11-12H2,(H,23,25). The highest BCUT2D eigenvalue weighted by molar-refractivity contribution is 6.30. The lowest BCUT2D eigenvalue weighted by atomic mass is 10.0. The number of rotatable bonds is 3. The van der Waals surface area contributed by atoms with Gasteiger partial charge >= 0.3 is 0 Å². The number of nitrogens with one attached hydrogen (secondary N) is 2. The first-order chi connectivity index (χ1) is 12.2. The van der Waals surface area contributed by atoms with Crippen LogP contribution in [-0.2, 0) is 0 Å². The Morgan fingerprint density at radius 3 is 2.36 bits per heavy atom. The molecule has 0 unspecified atom stereocenters. The Bertz CT molecular complexity index is 909. The van der Waals surface area contributed by atoms with E-state index < -0.39 is 0 Å². The predicted molar refractivity (Wildman–Crippen MR) is 99.9 cm³/mol. The zero-order valence-corrected chi connectivity index (χ0v) is 14.5. The molecule has 128 valence electrons. The third kappa shape index (κ3) is 3.13. The lowest BCUT2D eigenvalue weighted by Gasteiger charge is -2.25. The molecule has 0 aliphatic carbocycles. The van der Waals surface area contributed by atoms with Gasteiger partial charge in [0.25, 0.3) is 5.56 Å². The number of H-pyrrole nitrogens is 1. The van der Waals surface area contributed by atoms with E-state index in [0.29, 0.717) is 10.6 Å². The van der Waals surface area contributed by atoms with Gasteiger partial charge < -0.3 is 5.32 Å². The molecule has 25 heavy (non-hydrogen) atoms. The minimum absolute atomic E-state index is 0.0762. The molecule has 0 spiro atoms. The molecular formula is C19H19ClN4O. The molecule has 0 bridgehead atoms. The molecule has 3 aromatic rings. The second-order valence-corrected chi connectivity index (χ2v) is 6.69. The molecule has 0 amide bonds. The highest BCUT2D eigenvalue weighted by Gasteiger charge is 2.24. The fourth-order valence-electron chi connectivity index (χ4n) is 3.47. The molecular weight excluding hydrogens is 336 g/mol. The molecule has 2 aromatic heterocycles. The number of pyridine rings is 1. The number of hydrogen-bond acceptors (Lipinski definition) is 3. The van der Waals surface area contributed by atoms with Crippen LogP contribution in [0.4, 0.5) is 0 Å². The van der Waals surface area contributed by atoms with Crippen molar-refractivity contribution in [2.24, 2.45) is 0 Å². The SMILES string of the molecule is O=c1[nH]n(C2CCNCC2)c(-c2ccncc2)c1-c1ccc(Cl)cc1. The third-order valence-corrected chi connectivity index (χ3v) is 4.94. The Hall–Kier alpha value is -2.37. The fraction of sp³-hybridized carbons (Fsp3) is 0.263. The summed E-state index contributed by atoms with van der Waals surface area (Å²) in [6.07, 6.45) is 5.49. The van der Waals surface area contributed by atoms with Crippen molar-refractivity contribution in [3.63, 3.8) is 0 Å². The van der Waals surface area contributed by atoms with E-state index in [9.17, 15) is 4.79 Å². The van der Waals surface area contributed by atoms with E-state index in [4.69, 9.17) is 11.6 Å². The zero-order valence-electron chi connectivity index (χ0n) is 13.7. The number of halogens is 1. The average Bonchev–Trinajstić information content (AvgIpc) is 3.01. The lowest BCUT2D eigenvalue weighted by molar-refractivity contribution is 0.345. The summed E-state index contributed by atoms with van der Waals surface area (Å²) in [6, 6.07) is 11.6. The van der Waals surface area contributed by atoms with Gasteiger partial charge in [0.2, 0.25) is 0 Å². The van der Waals surface area contributed by atoms with Gasteiger partial charge in [-0.05, 0) is 55.8 Å². The Labute approximate surface area is 150 Å². The van der Waals surface area contributed by atoms with Crippen LogP contribution in [-0.4, -0.2) is 27.9 Å². The van der Waals surface area contributed by atoms with E-state index >= 15 is 0 Å². The smallest absolute Gasteiger partial charge is 0.272 e. The van der Waals surface area contributed by atoms with Gasteiger partial charge in [-0.15, -0.1) is 0 Å². The van der Waals surface area contributed by atoms with Gasteiger partial charge in [-0.2, -0.15) is 0 Å². The Morgan fingerprint density at radius 1 is 1.00 bits per heavy atom. The first-order valence-corrected chi connectivity index (χ1v) is 8.83. The van der Waals surface area contributed by atoms with Crippen LogP contribution in [0.15, 0.2) is 53.6 Å². The highest BCUT2D eigenvalue weighted by atomic mass is 35.5. The van der Waals surface area contributed by atoms with Crippen molar-refractivity contribution in [2.45, 2.75) is 18.9 Å². The number of benzene rings is 1. The third-order valence-electron chi connectivity index (χ3n) is 4.69. The van der Waals surface area contributed by atoms with E-state index in [2.05, 4.69) is 15.4 Å². The predicted octanol–water partition coefficient (Wildman–Crippen LogP) is 3.48. The highest BCUT2D eigenvalue weighted by Crippen LogP contribution is 2.33. The summed E-state index contributed by atoms with van der Waals surface area (Å²) in [5.74, 6) is 0. The van der Waals surface area contributed by atoms with Crippen molar-refractivity contribution in [1.82, 2.24) is 20.1 Å². The van der Waals surface area contributed by atoms with Crippen LogP contribution in [0.5, 0.6) is 0 Å². The van der Waals surface area contributed by atoms with Crippen molar-refractivity contribution >= 4 is 11.6 Å². The summed E-state index contributed by atoms with van der Waals surface area (Å²) in [6.45, 7) is 1.91. The van der Waals surface area contributed by atoms with Gasteiger partial charge in [0.05, 0.1) is 17.3 Å². The molecule has 1 saturated heterocycles. The second kappa shape index (κ2) is 6.86. The molecule has 0 atom stereocenters. The number of hydrogen-bond donors (Lipinski definition) is 2. The summed E-state index contributed by atoms with van der Waals surface area (Å²) >= 11 is 6.02. The molecule has 1 aromatic carbocycles. The minimum Gasteiger partial charge on any atom is -0.317 e. The summed E-state index contributed by atoms with van der Waals surface area (Å²) in [5.41, 5.74) is 3.37. The van der Waals surface area contributed by atoms with E-state index in [-0.39, 0.29) is 11.6 Å². The maximum atomic E-state index is 12.8. The quantitative estimate of drug-likeness (QED) is 0.756. The van der Waals surface area contributed by atoms with Crippen LogP contribution in [0.1, 0.15) is 18.9 Å². The van der Waals surface area contributed by atoms with Crippen LogP contribution in [0.3, 0.4) is 0 Å². The van der Waals surface area contributed by atoms with E-state index in [1.54, 1.807) is 12.4 Å². The maximum Gasteiger partial charge on any atom is 0.272 e. The van der Waals surface area contributed by atoms with Crippen LogP contribution in [0.2, 0.25) is 5.02 Å². The normalized spacial score (nSPS) is 15.4. The van der Waals surface area contributed by atoms with Gasteiger partial charge in [0, 0.05) is 23.0 Å². The molecule has 5 nitrogen and oxygen atoms in total. The van der Waals surface area contributed by atoms with Crippen molar-refractivity contribution in [1.29, 1.82) is 0 Å². The van der Waals surface area contributed by atoms with E-state index in [0.717, 1.165) is 42.8 Å². The Morgan fingerprint density at radius 2 is 1.68 bits per heavy atom. The van der Waals surface area contributed by atoms with Gasteiger partial charge in [-0.1, -0.05) is 23.7 Å². The number of aromatic amines is 1. The number of nitrogens with zero attached hydrogens (tertiary/aromatic N) is 2. The van der Waals surface area contributed by atoms with Crippen molar-refractivity contribution in [2.75, 3.05) is 13.1 Å². The Balaban J connectivity index is 1.92. The fourth-order valence-corrected chi connectivity index (χ4v) is 3.59. The van der Waals surface area contributed by atoms with E-state index in [1.165, 1.54) is 0 Å². The number of piperidine rings is 1. The van der Waals surface area contributed by atoms with Crippen LogP contribution in [0, 0.1) is 0 Å². The largest absolute Gasteiger partial charge is 0.317 e. The lowest BCUT2D eigenvalue weighted by Crippen LogP contribution is -2.30. The molecule has 0 saturated carbocycles. The summed E-state index contributed by atoms with van der Waals surface area (Å²) < 4.78 is 2.04. The molecule has 0 radical (unpaired) electrons. The molecule has 2 N–H and O–H groups in total. The Kier molecular flexibility index (Phi) is 4.42. The van der Waals surface area contributed by atoms with Crippen LogP contribution in [0.25, 0.3) is 22.4 Å². The first-order valence-electron chi connectivity index (χ1n) is 8.45. The van der Waals surface area contributed by atoms with Crippen LogP contribution >= 0.6 is 11.6 Å². The summed E-state index contributed by atoms with van der Waals surface area (Å²) in [4.78, 5) is 16.9. The molecule has 1 fully saturated rings. The molecule has 3 heterocycles. The van der Waals surface area contributed by atoms with Crippen molar-refractivity contribution in [3.05, 3.63) is 64.2 Å². The van der Waals surface area contributed by atoms with Gasteiger partial charge in [-0.3, -0.25) is 19.6 Å². The number of aromatic nitrogens is 3.